The second-order valence-corrected chi connectivity index (χ2v) is 6.62. The number of hydrogen-bond donors (Lipinski definition) is 2. The van der Waals surface area contributed by atoms with E-state index >= 15 is 0 Å². The number of carbonyl (C=O) groups excluding carboxylic acids is 3. The van der Waals surface area contributed by atoms with Gasteiger partial charge in [0.1, 0.15) is 5.75 Å². The Hall–Kier alpha value is -3.75. The molecular weight excluding hydrogens is 378 g/mol. The molecule has 1 saturated heterocycles. The van der Waals surface area contributed by atoms with Crippen LogP contribution in [0.1, 0.15) is 16.8 Å². The number of hydrazine groups is 1. The van der Waals surface area contributed by atoms with Gasteiger partial charge in [-0.15, -0.1) is 0 Å². The molecule has 9 heteroatoms. The number of fused-ring (bicyclic) bond motifs is 1. The Morgan fingerprint density at radius 1 is 1.10 bits per heavy atom. The van der Waals surface area contributed by atoms with Crippen molar-refractivity contribution < 1.29 is 28.6 Å². The molecule has 2 aliphatic heterocycles. The van der Waals surface area contributed by atoms with E-state index in [-0.39, 0.29) is 25.7 Å². The maximum Gasteiger partial charge on any atom is 0.269 e. The van der Waals surface area contributed by atoms with Gasteiger partial charge in [0.15, 0.2) is 11.5 Å². The molecule has 0 radical (unpaired) electrons. The number of nitrogens with one attached hydrogen (secondary N) is 2. The van der Waals surface area contributed by atoms with E-state index in [0.717, 1.165) is 0 Å². The minimum absolute atomic E-state index is 0.0585. The van der Waals surface area contributed by atoms with Crippen LogP contribution in [0.4, 0.5) is 5.69 Å². The van der Waals surface area contributed by atoms with Gasteiger partial charge in [-0.1, -0.05) is 6.07 Å². The summed E-state index contributed by atoms with van der Waals surface area (Å²) in [4.78, 5) is 38.6. The van der Waals surface area contributed by atoms with Crippen LogP contribution in [0.3, 0.4) is 0 Å². The van der Waals surface area contributed by atoms with Gasteiger partial charge in [-0.3, -0.25) is 25.2 Å². The van der Waals surface area contributed by atoms with Gasteiger partial charge < -0.3 is 19.1 Å². The van der Waals surface area contributed by atoms with Gasteiger partial charge in [-0.2, -0.15) is 0 Å². The van der Waals surface area contributed by atoms with Crippen LogP contribution in [0, 0.1) is 5.92 Å². The van der Waals surface area contributed by atoms with Gasteiger partial charge in [0, 0.05) is 30.3 Å². The molecule has 2 heterocycles. The zero-order valence-corrected chi connectivity index (χ0v) is 15.6. The number of carbonyl (C=O) groups is 3. The molecule has 9 nitrogen and oxygen atoms in total. The van der Waals surface area contributed by atoms with E-state index in [2.05, 4.69) is 10.9 Å². The maximum absolute atomic E-state index is 12.4. The van der Waals surface area contributed by atoms with Crippen LogP contribution < -0.4 is 30.0 Å². The van der Waals surface area contributed by atoms with Crippen molar-refractivity contribution in [3.05, 3.63) is 48.0 Å². The lowest BCUT2D eigenvalue weighted by atomic mass is 10.1. The van der Waals surface area contributed by atoms with Crippen molar-refractivity contribution >= 4 is 23.4 Å². The van der Waals surface area contributed by atoms with Crippen LogP contribution in [0.25, 0.3) is 0 Å². The van der Waals surface area contributed by atoms with Crippen LogP contribution in [0.15, 0.2) is 42.5 Å². The molecule has 2 aromatic rings. The Morgan fingerprint density at radius 2 is 1.93 bits per heavy atom. The second-order valence-electron chi connectivity index (χ2n) is 6.62. The standard InChI is InChI=1S/C20H19N3O6/c1-27-15-4-2-3-14(9-15)23-10-13(8-18(23)24)20(26)22-21-19(25)12-5-6-16-17(7-12)29-11-28-16/h2-7,9,13H,8,10-11H2,1H3,(H,21,25)(H,22,26). The van der Waals surface area contributed by atoms with E-state index in [4.69, 9.17) is 14.2 Å². The minimum atomic E-state index is -0.578. The molecule has 3 amide bonds. The van der Waals surface area contributed by atoms with Gasteiger partial charge in [0.25, 0.3) is 5.91 Å². The summed E-state index contributed by atoms with van der Waals surface area (Å²) in [5.41, 5.74) is 5.74. The average Bonchev–Trinajstić information content (AvgIpc) is 3.37. The first-order valence-electron chi connectivity index (χ1n) is 8.99. The number of amides is 3. The number of anilines is 1. The number of methoxy groups -OCH3 is 1. The summed E-state index contributed by atoms with van der Waals surface area (Å²) in [5, 5.41) is 0. The molecule has 0 aliphatic carbocycles. The fourth-order valence-corrected chi connectivity index (χ4v) is 3.24. The highest BCUT2D eigenvalue weighted by Crippen LogP contribution is 2.32. The number of benzene rings is 2. The highest BCUT2D eigenvalue weighted by atomic mass is 16.7. The van der Waals surface area contributed by atoms with Gasteiger partial charge in [0.2, 0.25) is 18.6 Å². The summed E-state index contributed by atoms with van der Waals surface area (Å²) in [6, 6.07) is 11.8. The number of nitrogens with zero attached hydrogens (tertiary/aromatic N) is 1. The highest BCUT2D eigenvalue weighted by Gasteiger charge is 2.35. The Kier molecular flexibility index (Phi) is 4.94. The van der Waals surface area contributed by atoms with Gasteiger partial charge >= 0.3 is 0 Å². The average molecular weight is 397 g/mol. The fraction of sp³-hybridized carbons (Fsp3) is 0.250. The molecule has 4 rings (SSSR count). The van der Waals surface area contributed by atoms with E-state index in [9.17, 15) is 14.4 Å². The van der Waals surface area contributed by atoms with Crippen LogP contribution in [-0.4, -0.2) is 38.2 Å². The molecule has 0 bridgehead atoms. The lowest BCUT2D eigenvalue weighted by Gasteiger charge is -2.17. The van der Waals surface area contributed by atoms with Crippen molar-refractivity contribution in [3.8, 4) is 17.2 Å². The fourth-order valence-electron chi connectivity index (χ4n) is 3.24. The first-order chi connectivity index (χ1) is 14.0. The van der Waals surface area contributed by atoms with E-state index in [1.165, 1.54) is 11.0 Å². The normalized spacial score (nSPS) is 17.2. The van der Waals surface area contributed by atoms with Crippen molar-refractivity contribution in [3.63, 3.8) is 0 Å². The molecule has 1 atom stereocenters. The third-order valence-electron chi connectivity index (χ3n) is 4.79. The van der Waals surface area contributed by atoms with E-state index in [1.54, 1.807) is 43.5 Å². The minimum Gasteiger partial charge on any atom is -0.497 e. The Labute approximate surface area is 166 Å². The predicted molar refractivity (Wildman–Crippen MR) is 102 cm³/mol. The van der Waals surface area contributed by atoms with E-state index in [0.29, 0.717) is 28.5 Å². The van der Waals surface area contributed by atoms with Crippen LogP contribution >= 0.6 is 0 Å². The second kappa shape index (κ2) is 7.70. The van der Waals surface area contributed by atoms with Crippen LogP contribution in [0.5, 0.6) is 17.2 Å². The third-order valence-corrected chi connectivity index (χ3v) is 4.79. The van der Waals surface area contributed by atoms with Crippen molar-refractivity contribution in [2.24, 2.45) is 5.92 Å². The monoisotopic (exact) mass is 397 g/mol. The first kappa shape index (κ1) is 18.6. The molecule has 1 unspecified atom stereocenters. The van der Waals surface area contributed by atoms with Crippen molar-refractivity contribution in [2.45, 2.75) is 6.42 Å². The predicted octanol–water partition coefficient (Wildman–Crippen LogP) is 1.24. The largest absolute Gasteiger partial charge is 0.497 e. The summed E-state index contributed by atoms with van der Waals surface area (Å²) >= 11 is 0. The van der Waals surface area contributed by atoms with Crippen molar-refractivity contribution in [1.82, 2.24) is 10.9 Å². The van der Waals surface area contributed by atoms with E-state index < -0.39 is 17.7 Å². The summed E-state index contributed by atoms with van der Waals surface area (Å²) in [6.07, 6.45) is 0.0585. The summed E-state index contributed by atoms with van der Waals surface area (Å²) in [7, 11) is 1.55. The molecule has 150 valence electrons. The molecule has 0 spiro atoms. The zero-order chi connectivity index (χ0) is 20.4. The maximum atomic E-state index is 12.4. The molecule has 2 N–H and O–H groups in total. The number of rotatable bonds is 4. The lowest BCUT2D eigenvalue weighted by Crippen LogP contribution is -2.45. The van der Waals surface area contributed by atoms with Gasteiger partial charge in [0.05, 0.1) is 13.0 Å². The highest BCUT2D eigenvalue weighted by molar-refractivity contribution is 6.01. The summed E-state index contributed by atoms with van der Waals surface area (Å²) < 4.78 is 15.6. The third kappa shape index (κ3) is 3.79. The summed E-state index contributed by atoms with van der Waals surface area (Å²) in [5.74, 6) is -0.0131. The molecular formula is C20H19N3O6. The van der Waals surface area contributed by atoms with Crippen molar-refractivity contribution in [1.29, 1.82) is 0 Å². The molecule has 2 aromatic carbocycles. The van der Waals surface area contributed by atoms with Gasteiger partial charge in [-0.25, -0.2) is 0 Å². The topological polar surface area (TPSA) is 106 Å². The van der Waals surface area contributed by atoms with Crippen LogP contribution in [-0.2, 0) is 9.59 Å². The molecule has 0 aromatic heterocycles. The summed E-state index contributed by atoms with van der Waals surface area (Å²) in [6.45, 7) is 0.328. The zero-order valence-electron chi connectivity index (χ0n) is 15.6. The smallest absolute Gasteiger partial charge is 0.269 e. The quantitative estimate of drug-likeness (QED) is 0.752. The Balaban J connectivity index is 1.35. The first-order valence-corrected chi connectivity index (χ1v) is 8.99. The lowest BCUT2D eigenvalue weighted by molar-refractivity contribution is -0.126. The Bertz CT molecular complexity index is 976. The molecule has 1 fully saturated rings. The molecule has 2 aliphatic rings. The van der Waals surface area contributed by atoms with E-state index in [1.807, 2.05) is 0 Å². The Morgan fingerprint density at radius 3 is 2.76 bits per heavy atom. The van der Waals surface area contributed by atoms with Crippen molar-refractivity contribution in [2.75, 3.05) is 25.3 Å². The molecule has 0 saturated carbocycles. The van der Waals surface area contributed by atoms with Crippen LogP contribution in [0.2, 0.25) is 0 Å². The molecule has 29 heavy (non-hydrogen) atoms. The SMILES string of the molecule is COc1cccc(N2CC(C(=O)NNC(=O)c3ccc4c(c3)OCO4)CC2=O)c1. The number of hydrogen-bond acceptors (Lipinski definition) is 6. The van der Waals surface area contributed by atoms with Gasteiger partial charge in [-0.05, 0) is 30.3 Å². The number of ether oxygens (including phenoxy) is 3.